The summed E-state index contributed by atoms with van der Waals surface area (Å²) in [7, 11) is 1.66. The Bertz CT molecular complexity index is 1030. The second-order valence-corrected chi connectivity index (χ2v) is 7.77. The second-order valence-electron chi connectivity index (χ2n) is 6.30. The highest BCUT2D eigenvalue weighted by molar-refractivity contribution is 7.99. The van der Waals surface area contributed by atoms with Crippen molar-refractivity contribution >= 4 is 34.9 Å². The van der Waals surface area contributed by atoms with E-state index >= 15 is 0 Å². The van der Waals surface area contributed by atoms with Crippen molar-refractivity contribution < 1.29 is 19.4 Å². The first-order chi connectivity index (χ1) is 14.6. The zero-order chi connectivity index (χ0) is 21.3. The molecule has 0 aliphatic carbocycles. The second kappa shape index (κ2) is 10.8. The van der Waals surface area contributed by atoms with Gasteiger partial charge in [-0.2, -0.15) is 0 Å². The molecule has 3 aromatic rings. The molecule has 0 aromatic heterocycles. The topological polar surface area (TPSA) is 55.8 Å². The average Bonchev–Trinajstić information content (AvgIpc) is 2.77. The molecule has 3 rings (SSSR count). The third-order valence-electron chi connectivity index (χ3n) is 4.26. The van der Waals surface area contributed by atoms with Gasteiger partial charge in [0.1, 0.15) is 11.5 Å². The summed E-state index contributed by atoms with van der Waals surface area (Å²) in [5.41, 5.74) is 3.30. The van der Waals surface area contributed by atoms with Crippen LogP contribution in [0.25, 0.3) is 5.57 Å². The molecule has 154 valence electrons. The standard InChI is InChI=1S/C24H21ClO4S/c1-28-19-9-5-8-18(14-19)21(17-6-3-2-4-7-17)12-13-30-23-11-10-20(15-22(23)25)29-16-24(26)27/h2-12,14-15H,13,16H2,1H3,(H,26,27)/b21-12-. The fourth-order valence-corrected chi connectivity index (χ4v) is 3.98. The lowest BCUT2D eigenvalue weighted by molar-refractivity contribution is -0.139. The maximum absolute atomic E-state index is 10.6. The molecule has 0 aliphatic heterocycles. The number of thioether (sulfide) groups is 1. The summed E-state index contributed by atoms with van der Waals surface area (Å²) in [5, 5.41) is 9.24. The molecular formula is C24H21ClO4S. The number of methoxy groups -OCH3 is 1. The molecule has 0 atom stereocenters. The predicted molar refractivity (Wildman–Crippen MR) is 122 cm³/mol. The molecule has 6 heteroatoms. The lowest BCUT2D eigenvalue weighted by Crippen LogP contribution is -2.09. The maximum Gasteiger partial charge on any atom is 0.341 e. The molecule has 0 fully saturated rings. The maximum atomic E-state index is 10.6. The van der Waals surface area contributed by atoms with Crippen LogP contribution in [0.5, 0.6) is 11.5 Å². The molecule has 0 bridgehead atoms. The van der Waals surface area contributed by atoms with Crippen LogP contribution in [0.1, 0.15) is 11.1 Å². The van der Waals surface area contributed by atoms with Crippen molar-refractivity contribution in [2.45, 2.75) is 4.90 Å². The number of aliphatic carboxylic acids is 1. The van der Waals surface area contributed by atoms with E-state index in [1.54, 1.807) is 31.0 Å². The highest BCUT2D eigenvalue weighted by Crippen LogP contribution is 2.32. The van der Waals surface area contributed by atoms with Crippen LogP contribution in [0.3, 0.4) is 0 Å². The van der Waals surface area contributed by atoms with Crippen LogP contribution in [-0.2, 0) is 4.79 Å². The van der Waals surface area contributed by atoms with Crippen LogP contribution in [0.2, 0.25) is 5.02 Å². The Morgan fingerprint density at radius 1 is 1.00 bits per heavy atom. The van der Waals surface area contributed by atoms with Crippen molar-refractivity contribution in [1.29, 1.82) is 0 Å². The first kappa shape index (κ1) is 21.8. The van der Waals surface area contributed by atoms with Gasteiger partial charge >= 0.3 is 5.97 Å². The van der Waals surface area contributed by atoms with E-state index in [0.29, 0.717) is 16.5 Å². The van der Waals surface area contributed by atoms with Crippen molar-refractivity contribution in [1.82, 2.24) is 0 Å². The van der Waals surface area contributed by atoms with Crippen molar-refractivity contribution in [3.63, 3.8) is 0 Å². The van der Waals surface area contributed by atoms with Crippen LogP contribution in [0.4, 0.5) is 0 Å². The Morgan fingerprint density at radius 2 is 1.77 bits per heavy atom. The zero-order valence-electron chi connectivity index (χ0n) is 16.4. The van der Waals surface area contributed by atoms with Crippen molar-refractivity contribution in [3.05, 3.63) is 95.0 Å². The number of halogens is 1. The third kappa shape index (κ3) is 6.05. The summed E-state index contributed by atoms with van der Waals surface area (Å²) < 4.78 is 10.5. The number of rotatable bonds is 9. The molecule has 0 heterocycles. The minimum atomic E-state index is -1.03. The van der Waals surface area contributed by atoms with Gasteiger partial charge in [-0.25, -0.2) is 4.79 Å². The van der Waals surface area contributed by atoms with Crippen LogP contribution in [0, 0.1) is 0 Å². The molecular weight excluding hydrogens is 420 g/mol. The van der Waals surface area contributed by atoms with Gasteiger partial charge in [0.05, 0.1) is 12.1 Å². The molecule has 0 saturated carbocycles. The fourth-order valence-electron chi connectivity index (χ4n) is 2.86. The number of ether oxygens (including phenoxy) is 2. The number of carbonyl (C=O) groups is 1. The van der Waals surface area contributed by atoms with Gasteiger partial charge in [0, 0.05) is 10.6 Å². The first-order valence-electron chi connectivity index (χ1n) is 9.24. The summed E-state index contributed by atoms with van der Waals surface area (Å²) in [6, 6.07) is 23.4. The van der Waals surface area contributed by atoms with Gasteiger partial charge in [-0.1, -0.05) is 60.1 Å². The number of carboxylic acids is 1. The van der Waals surface area contributed by atoms with Crippen molar-refractivity contribution in [3.8, 4) is 11.5 Å². The monoisotopic (exact) mass is 440 g/mol. The minimum Gasteiger partial charge on any atom is -0.497 e. The highest BCUT2D eigenvalue weighted by Gasteiger charge is 2.08. The smallest absolute Gasteiger partial charge is 0.341 e. The molecule has 30 heavy (non-hydrogen) atoms. The first-order valence-corrected chi connectivity index (χ1v) is 10.6. The number of hydrogen-bond donors (Lipinski definition) is 1. The summed E-state index contributed by atoms with van der Waals surface area (Å²) >= 11 is 7.94. The molecule has 0 unspecified atom stereocenters. The van der Waals surface area contributed by atoms with Gasteiger partial charge in [-0.3, -0.25) is 0 Å². The zero-order valence-corrected chi connectivity index (χ0v) is 18.0. The van der Waals surface area contributed by atoms with Gasteiger partial charge in [0.15, 0.2) is 6.61 Å². The Labute approximate surface area is 185 Å². The van der Waals surface area contributed by atoms with E-state index in [9.17, 15) is 4.79 Å². The van der Waals surface area contributed by atoms with Crippen molar-refractivity contribution in [2.75, 3.05) is 19.5 Å². The summed E-state index contributed by atoms with van der Waals surface area (Å²) in [6.07, 6.45) is 2.17. The summed E-state index contributed by atoms with van der Waals surface area (Å²) in [6.45, 7) is -0.396. The summed E-state index contributed by atoms with van der Waals surface area (Å²) in [5.74, 6) is 0.919. The normalized spacial score (nSPS) is 11.2. The van der Waals surface area contributed by atoms with Crippen LogP contribution < -0.4 is 9.47 Å². The minimum absolute atomic E-state index is 0.396. The molecule has 1 N–H and O–H groups in total. The van der Waals surface area contributed by atoms with Crippen molar-refractivity contribution in [2.24, 2.45) is 0 Å². The van der Waals surface area contributed by atoms with Crippen LogP contribution in [0.15, 0.2) is 83.8 Å². The quantitative estimate of drug-likeness (QED) is 0.411. The van der Waals surface area contributed by atoms with Gasteiger partial charge in [0.2, 0.25) is 0 Å². The molecule has 4 nitrogen and oxygen atoms in total. The Kier molecular flexibility index (Phi) is 7.82. The van der Waals surface area contributed by atoms with E-state index in [1.165, 1.54) is 0 Å². The largest absolute Gasteiger partial charge is 0.497 e. The van der Waals surface area contributed by atoms with E-state index in [2.05, 4.69) is 24.3 Å². The van der Waals surface area contributed by atoms with E-state index < -0.39 is 12.6 Å². The molecule has 0 spiro atoms. The van der Waals surface area contributed by atoms with Crippen LogP contribution in [-0.4, -0.2) is 30.5 Å². The highest BCUT2D eigenvalue weighted by atomic mass is 35.5. The average molecular weight is 441 g/mol. The Balaban J connectivity index is 1.79. The molecule has 0 amide bonds. The fraction of sp³-hybridized carbons (Fsp3) is 0.125. The van der Waals surface area contributed by atoms with E-state index in [4.69, 9.17) is 26.2 Å². The Morgan fingerprint density at radius 3 is 2.47 bits per heavy atom. The number of carboxylic acid groups (broad SMARTS) is 1. The Hall–Kier alpha value is -2.89. The molecule has 0 radical (unpaired) electrons. The van der Waals surface area contributed by atoms with Gasteiger partial charge in [-0.05, 0) is 47.0 Å². The van der Waals surface area contributed by atoms with E-state index in [1.807, 2.05) is 42.5 Å². The predicted octanol–water partition coefficient (Wildman–Crippen LogP) is 6.04. The van der Waals surface area contributed by atoms with Gasteiger partial charge in [0.25, 0.3) is 0 Å². The molecule has 3 aromatic carbocycles. The van der Waals surface area contributed by atoms with Gasteiger partial charge in [-0.15, -0.1) is 11.8 Å². The van der Waals surface area contributed by atoms with Crippen LogP contribution >= 0.6 is 23.4 Å². The lowest BCUT2D eigenvalue weighted by Gasteiger charge is -2.11. The number of hydrogen-bond acceptors (Lipinski definition) is 4. The SMILES string of the molecule is COc1cccc(/C(=C\CSc2ccc(OCC(=O)O)cc2Cl)c2ccccc2)c1. The van der Waals surface area contributed by atoms with Gasteiger partial charge < -0.3 is 14.6 Å². The lowest BCUT2D eigenvalue weighted by atomic mass is 9.98. The third-order valence-corrected chi connectivity index (χ3v) is 5.68. The molecule has 0 saturated heterocycles. The summed E-state index contributed by atoms with van der Waals surface area (Å²) in [4.78, 5) is 11.5. The van der Waals surface area contributed by atoms with E-state index in [-0.39, 0.29) is 0 Å². The molecule has 0 aliphatic rings. The number of benzene rings is 3. The van der Waals surface area contributed by atoms with E-state index in [0.717, 1.165) is 27.3 Å².